The first kappa shape index (κ1) is 18.7. The lowest BCUT2D eigenvalue weighted by Crippen LogP contribution is -1.96. The van der Waals surface area contributed by atoms with Crippen LogP contribution >= 0.6 is 11.6 Å². The minimum absolute atomic E-state index is 0.200. The van der Waals surface area contributed by atoms with E-state index in [0.717, 1.165) is 33.1 Å². The third-order valence-electron chi connectivity index (χ3n) is 4.77. The Balaban J connectivity index is 0.000000125. The third kappa shape index (κ3) is 4.03. The molecule has 4 aromatic rings. The lowest BCUT2D eigenvalue weighted by atomic mass is 10.1. The highest BCUT2D eigenvalue weighted by atomic mass is 35.5. The molecular weight excluding hydrogens is 396 g/mol. The molecule has 0 bridgehead atoms. The minimum atomic E-state index is -0.247. The summed E-state index contributed by atoms with van der Waals surface area (Å²) in [5.74, 6) is 0. The topological polar surface area (TPSA) is 63.2 Å². The summed E-state index contributed by atoms with van der Waals surface area (Å²) in [4.78, 5) is 0. The fourth-order valence-corrected chi connectivity index (χ4v) is 3.61. The van der Waals surface area contributed by atoms with E-state index < -0.39 is 0 Å². The molecule has 2 aromatic heterocycles. The Morgan fingerprint density at radius 1 is 0.655 bits per heavy atom. The Kier molecular flexibility index (Phi) is 5.26. The number of benzene rings is 2. The quantitative estimate of drug-likeness (QED) is 0.425. The van der Waals surface area contributed by atoms with Gasteiger partial charge in [-0.25, -0.2) is 0 Å². The van der Waals surface area contributed by atoms with Crippen molar-refractivity contribution < 1.29 is 27.8 Å². The molecule has 0 amide bonds. The number of hydrogen-bond donors (Lipinski definition) is 0. The van der Waals surface area contributed by atoms with E-state index in [9.17, 15) is 0 Å². The van der Waals surface area contributed by atoms with Gasteiger partial charge in [-0.2, -0.15) is 0 Å². The van der Waals surface area contributed by atoms with Crippen molar-refractivity contribution in [1.29, 1.82) is 0 Å². The van der Waals surface area contributed by atoms with Gasteiger partial charge in [0, 0.05) is 28.0 Å². The number of rotatable bonds is 2. The summed E-state index contributed by atoms with van der Waals surface area (Å²) < 4.78 is 32.2. The first-order valence-electron chi connectivity index (χ1n) is 9.39. The SMILES string of the molecule is Clc1cc2cc(C3OCCO3)ccc2o1.c1cc2cc(C3OCCO3)ccc2o1. The van der Waals surface area contributed by atoms with Crippen molar-refractivity contribution in [2.75, 3.05) is 26.4 Å². The summed E-state index contributed by atoms with van der Waals surface area (Å²) in [5, 5.41) is 2.45. The van der Waals surface area contributed by atoms with E-state index in [4.69, 9.17) is 39.4 Å². The standard InChI is InChI=1S/C11H9ClO3.C11H10O3/c12-10-6-8-5-7(1-2-9(8)15-10)11-13-3-4-14-11;1-2-10-8(3-4-12-10)7-9(1)11-13-5-6-14-11/h1-2,5-6,11H,3-4H2;1-4,7,11H,5-6H2. The predicted octanol–water partition coefficient (Wildman–Crippen LogP) is 5.61. The maximum Gasteiger partial charge on any atom is 0.194 e. The van der Waals surface area contributed by atoms with Crippen molar-refractivity contribution in [2.45, 2.75) is 12.6 Å². The van der Waals surface area contributed by atoms with Crippen LogP contribution in [0.1, 0.15) is 23.7 Å². The van der Waals surface area contributed by atoms with E-state index in [-0.39, 0.29) is 12.6 Å². The molecule has 6 nitrogen and oxygen atoms in total. The zero-order valence-electron chi connectivity index (χ0n) is 15.5. The number of halogens is 1. The molecule has 0 N–H and O–H groups in total. The van der Waals surface area contributed by atoms with Gasteiger partial charge < -0.3 is 27.8 Å². The summed E-state index contributed by atoms with van der Waals surface area (Å²) in [5.41, 5.74) is 3.72. The van der Waals surface area contributed by atoms with Crippen molar-refractivity contribution in [3.63, 3.8) is 0 Å². The molecular formula is C22H19ClO6. The summed E-state index contributed by atoms with van der Waals surface area (Å²) in [6.45, 7) is 2.64. The van der Waals surface area contributed by atoms with Gasteiger partial charge in [-0.1, -0.05) is 12.1 Å². The van der Waals surface area contributed by atoms with Crippen LogP contribution in [0, 0.1) is 0 Å². The zero-order valence-corrected chi connectivity index (χ0v) is 16.3. The highest BCUT2D eigenvalue weighted by Gasteiger charge is 2.19. The highest BCUT2D eigenvalue weighted by Crippen LogP contribution is 2.29. The molecule has 2 fully saturated rings. The average molecular weight is 415 g/mol. The lowest BCUT2D eigenvalue weighted by molar-refractivity contribution is -0.0442. The Morgan fingerprint density at radius 3 is 1.90 bits per heavy atom. The van der Waals surface area contributed by atoms with Crippen molar-refractivity contribution in [3.05, 3.63) is 71.1 Å². The van der Waals surface area contributed by atoms with Crippen molar-refractivity contribution in [2.24, 2.45) is 0 Å². The second kappa shape index (κ2) is 8.18. The first-order valence-corrected chi connectivity index (χ1v) is 9.77. The monoisotopic (exact) mass is 414 g/mol. The summed E-state index contributed by atoms with van der Waals surface area (Å²) in [7, 11) is 0. The summed E-state index contributed by atoms with van der Waals surface area (Å²) >= 11 is 5.77. The number of fused-ring (bicyclic) bond motifs is 2. The number of furan rings is 2. The molecule has 0 spiro atoms. The number of hydrogen-bond acceptors (Lipinski definition) is 6. The van der Waals surface area contributed by atoms with Gasteiger partial charge in [0.25, 0.3) is 0 Å². The van der Waals surface area contributed by atoms with E-state index in [0.29, 0.717) is 31.6 Å². The first-order chi connectivity index (χ1) is 14.3. The maximum absolute atomic E-state index is 5.77. The van der Waals surface area contributed by atoms with E-state index in [1.807, 2.05) is 42.5 Å². The highest BCUT2D eigenvalue weighted by molar-refractivity contribution is 6.29. The molecule has 0 unspecified atom stereocenters. The van der Waals surface area contributed by atoms with Crippen LogP contribution in [0.2, 0.25) is 5.22 Å². The molecule has 0 atom stereocenters. The van der Waals surface area contributed by atoms with Crippen LogP contribution < -0.4 is 0 Å². The molecule has 150 valence electrons. The predicted molar refractivity (Wildman–Crippen MR) is 107 cm³/mol. The van der Waals surface area contributed by atoms with Crippen LogP contribution in [-0.4, -0.2) is 26.4 Å². The Hall–Kier alpha value is -2.35. The van der Waals surface area contributed by atoms with Gasteiger partial charge in [0.15, 0.2) is 17.8 Å². The van der Waals surface area contributed by atoms with Crippen molar-refractivity contribution in [1.82, 2.24) is 0 Å². The van der Waals surface area contributed by atoms with E-state index in [1.165, 1.54) is 0 Å². The molecule has 6 rings (SSSR count). The van der Waals surface area contributed by atoms with Gasteiger partial charge in [0.2, 0.25) is 0 Å². The van der Waals surface area contributed by atoms with Gasteiger partial charge >= 0.3 is 0 Å². The zero-order chi connectivity index (χ0) is 19.6. The largest absolute Gasteiger partial charge is 0.464 e. The van der Waals surface area contributed by atoms with Crippen LogP contribution in [-0.2, 0) is 18.9 Å². The van der Waals surface area contributed by atoms with Gasteiger partial charge in [-0.05, 0) is 41.9 Å². The summed E-state index contributed by atoms with van der Waals surface area (Å²) in [6, 6.07) is 15.5. The molecule has 0 radical (unpaired) electrons. The molecule has 2 aliphatic heterocycles. The van der Waals surface area contributed by atoms with Gasteiger partial charge in [0.05, 0.1) is 32.7 Å². The van der Waals surface area contributed by atoms with Crippen LogP contribution in [0.4, 0.5) is 0 Å². The molecule has 2 aromatic carbocycles. The second-order valence-corrected chi connectivity index (χ2v) is 7.09. The third-order valence-corrected chi connectivity index (χ3v) is 4.96. The smallest absolute Gasteiger partial charge is 0.194 e. The van der Waals surface area contributed by atoms with E-state index in [1.54, 1.807) is 12.3 Å². The Morgan fingerprint density at radius 2 is 1.24 bits per heavy atom. The maximum atomic E-state index is 5.77. The lowest BCUT2D eigenvalue weighted by Gasteiger charge is -2.08. The van der Waals surface area contributed by atoms with Crippen molar-refractivity contribution in [3.8, 4) is 0 Å². The van der Waals surface area contributed by atoms with E-state index >= 15 is 0 Å². The molecule has 2 saturated heterocycles. The van der Waals surface area contributed by atoms with Crippen LogP contribution in [0.3, 0.4) is 0 Å². The fraction of sp³-hybridized carbons (Fsp3) is 0.273. The van der Waals surface area contributed by atoms with Crippen LogP contribution in [0.25, 0.3) is 21.9 Å². The fourth-order valence-electron chi connectivity index (χ4n) is 3.41. The molecule has 7 heteroatoms. The van der Waals surface area contributed by atoms with Crippen LogP contribution in [0.15, 0.2) is 63.6 Å². The van der Waals surface area contributed by atoms with E-state index in [2.05, 4.69) is 0 Å². The van der Waals surface area contributed by atoms with Gasteiger partial charge in [-0.15, -0.1) is 0 Å². The van der Waals surface area contributed by atoms with Gasteiger partial charge in [0.1, 0.15) is 11.2 Å². The average Bonchev–Trinajstić information content (AvgIpc) is 3.54. The normalized spacial score (nSPS) is 17.8. The Labute approximate surface area is 171 Å². The minimum Gasteiger partial charge on any atom is -0.464 e. The Bertz CT molecular complexity index is 1100. The molecule has 2 aliphatic rings. The molecule has 29 heavy (non-hydrogen) atoms. The van der Waals surface area contributed by atoms with Gasteiger partial charge in [-0.3, -0.25) is 0 Å². The second-order valence-electron chi connectivity index (χ2n) is 6.71. The molecule has 0 saturated carbocycles. The molecule has 4 heterocycles. The van der Waals surface area contributed by atoms with Crippen LogP contribution in [0.5, 0.6) is 0 Å². The molecule has 0 aliphatic carbocycles. The summed E-state index contributed by atoms with van der Waals surface area (Å²) in [6.07, 6.45) is 1.24. The van der Waals surface area contributed by atoms with Crippen molar-refractivity contribution >= 4 is 33.5 Å². The number of ether oxygens (including phenoxy) is 4.